The van der Waals surface area contributed by atoms with Crippen molar-refractivity contribution in [2.75, 3.05) is 31.8 Å². The van der Waals surface area contributed by atoms with Crippen LogP contribution in [0.15, 0.2) is 30.3 Å². The molecular weight excluding hydrogens is 428 g/mol. The van der Waals surface area contributed by atoms with Crippen LogP contribution in [-0.2, 0) is 14.6 Å². The molecule has 3 aromatic rings. The van der Waals surface area contributed by atoms with Crippen LogP contribution in [0.2, 0.25) is 0 Å². The number of pyridine rings is 1. The summed E-state index contributed by atoms with van der Waals surface area (Å²) >= 11 is 0. The fraction of sp³-hybridized carbons (Fsp3) is 0.435. The number of aromatic nitrogens is 3. The van der Waals surface area contributed by atoms with E-state index in [0.717, 1.165) is 11.1 Å². The SMILES string of the molecule is COCCCNC(=O)c1cc(-c2ccc(C)cc2)nc2c1c(C)nn2C1CCS(=O)(=O)C1. The number of rotatable bonds is 7. The van der Waals surface area contributed by atoms with Gasteiger partial charge in [-0.2, -0.15) is 5.10 Å². The van der Waals surface area contributed by atoms with Crippen molar-refractivity contribution in [2.24, 2.45) is 0 Å². The summed E-state index contributed by atoms with van der Waals surface area (Å²) in [5.41, 5.74) is 4.37. The van der Waals surface area contributed by atoms with E-state index in [1.165, 1.54) is 0 Å². The summed E-state index contributed by atoms with van der Waals surface area (Å²) in [6.45, 7) is 4.90. The Kier molecular flexibility index (Phi) is 6.30. The topological polar surface area (TPSA) is 103 Å². The summed E-state index contributed by atoms with van der Waals surface area (Å²) in [7, 11) is -1.47. The maximum absolute atomic E-state index is 13.1. The van der Waals surface area contributed by atoms with Crippen molar-refractivity contribution in [3.8, 4) is 11.3 Å². The number of hydrogen-bond acceptors (Lipinski definition) is 6. The molecule has 1 aliphatic heterocycles. The Morgan fingerprint density at radius 2 is 2.00 bits per heavy atom. The molecule has 32 heavy (non-hydrogen) atoms. The molecule has 0 bridgehead atoms. The number of amides is 1. The Hall–Kier alpha value is -2.78. The van der Waals surface area contributed by atoms with E-state index in [4.69, 9.17) is 9.72 Å². The summed E-state index contributed by atoms with van der Waals surface area (Å²) < 4.78 is 30.9. The fourth-order valence-electron chi connectivity index (χ4n) is 4.10. The average Bonchev–Trinajstić information content (AvgIpc) is 3.30. The first-order valence-corrected chi connectivity index (χ1v) is 12.6. The standard InChI is InChI=1S/C23H28N4O4S/c1-15-5-7-17(8-6-15)20-13-19(23(28)24-10-4-11-31-3)21-16(2)26-27(22(21)25-20)18-9-12-32(29,30)14-18/h5-8,13,18H,4,9-12,14H2,1-3H3,(H,24,28). The van der Waals surface area contributed by atoms with Gasteiger partial charge in [0, 0.05) is 25.8 Å². The van der Waals surface area contributed by atoms with Crippen LogP contribution in [0, 0.1) is 13.8 Å². The Bertz CT molecular complexity index is 1250. The molecule has 0 radical (unpaired) electrons. The van der Waals surface area contributed by atoms with Gasteiger partial charge in [0.25, 0.3) is 5.91 Å². The number of carbonyl (C=O) groups is 1. The van der Waals surface area contributed by atoms with Gasteiger partial charge < -0.3 is 10.1 Å². The maximum atomic E-state index is 13.1. The number of nitrogens with one attached hydrogen (secondary N) is 1. The Labute approximate surface area is 187 Å². The van der Waals surface area contributed by atoms with Gasteiger partial charge in [-0.05, 0) is 32.8 Å². The Morgan fingerprint density at radius 3 is 2.66 bits per heavy atom. The van der Waals surface area contributed by atoms with Gasteiger partial charge in [-0.1, -0.05) is 29.8 Å². The zero-order valence-corrected chi connectivity index (χ0v) is 19.4. The largest absolute Gasteiger partial charge is 0.385 e. The van der Waals surface area contributed by atoms with Crippen molar-refractivity contribution in [3.63, 3.8) is 0 Å². The zero-order chi connectivity index (χ0) is 22.9. The second kappa shape index (κ2) is 8.99. The summed E-state index contributed by atoms with van der Waals surface area (Å²) in [6.07, 6.45) is 1.20. The third kappa shape index (κ3) is 4.54. The molecule has 4 rings (SSSR count). The van der Waals surface area contributed by atoms with Crippen LogP contribution in [0.4, 0.5) is 0 Å². The molecule has 1 atom stereocenters. The smallest absolute Gasteiger partial charge is 0.252 e. The molecule has 8 nitrogen and oxygen atoms in total. The third-order valence-electron chi connectivity index (χ3n) is 5.79. The van der Waals surface area contributed by atoms with Crippen molar-refractivity contribution >= 4 is 26.8 Å². The van der Waals surface area contributed by atoms with E-state index in [9.17, 15) is 13.2 Å². The predicted molar refractivity (Wildman–Crippen MR) is 124 cm³/mol. The van der Waals surface area contributed by atoms with Crippen LogP contribution in [-0.4, -0.2) is 60.9 Å². The molecular formula is C23H28N4O4S. The average molecular weight is 457 g/mol. The van der Waals surface area contributed by atoms with Crippen molar-refractivity contribution < 1.29 is 17.9 Å². The normalized spacial score (nSPS) is 17.7. The highest BCUT2D eigenvalue weighted by atomic mass is 32.2. The lowest BCUT2D eigenvalue weighted by atomic mass is 10.0. The monoisotopic (exact) mass is 456 g/mol. The molecule has 0 saturated carbocycles. The number of benzene rings is 1. The lowest BCUT2D eigenvalue weighted by molar-refractivity contribution is 0.0950. The quantitative estimate of drug-likeness (QED) is 0.549. The van der Waals surface area contributed by atoms with Crippen LogP contribution in [0.3, 0.4) is 0 Å². The van der Waals surface area contributed by atoms with Gasteiger partial charge in [0.2, 0.25) is 0 Å². The molecule has 0 spiro atoms. The molecule has 1 fully saturated rings. The first kappa shape index (κ1) is 22.4. The molecule has 2 aromatic heterocycles. The van der Waals surface area contributed by atoms with Crippen molar-refractivity contribution in [1.82, 2.24) is 20.1 Å². The third-order valence-corrected chi connectivity index (χ3v) is 7.54. The second-order valence-corrected chi connectivity index (χ2v) is 10.5. The molecule has 1 aromatic carbocycles. The van der Waals surface area contributed by atoms with Crippen molar-refractivity contribution in [2.45, 2.75) is 32.7 Å². The minimum Gasteiger partial charge on any atom is -0.385 e. The Morgan fingerprint density at radius 1 is 1.25 bits per heavy atom. The van der Waals surface area contributed by atoms with Gasteiger partial charge in [-0.25, -0.2) is 18.1 Å². The maximum Gasteiger partial charge on any atom is 0.252 e. The highest BCUT2D eigenvalue weighted by molar-refractivity contribution is 7.91. The zero-order valence-electron chi connectivity index (χ0n) is 18.6. The number of sulfone groups is 1. The van der Waals surface area contributed by atoms with Gasteiger partial charge in [0.05, 0.1) is 39.9 Å². The summed E-state index contributed by atoms with van der Waals surface area (Å²) in [6, 6.07) is 9.45. The van der Waals surface area contributed by atoms with Crippen LogP contribution in [0.1, 0.15) is 40.5 Å². The number of nitrogens with zero attached hydrogens (tertiary/aromatic N) is 3. The van der Waals surface area contributed by atoms with Crippen LogP contribution < -0.4 is 5.32 Å². The molecule has 1 saturated heterocycles. The van der Waals surface area contributed by atoms with Gasteiger partial charge in [0.1, 0.15) is 0 Å². The van der Waals surface area contributed by atoms with Crippen LogP contribution in [0.5, 0.6) is 0 Å². The molecule has 0 aliphatic carbocycles. The summed E-state index contributed by atoms with van der Waals surface area (Å²) in [5, 5.41) is 8.24. The molecule has 170 valence electrons. The van der Waals surface area contributed by atoms with E-state index in [1.54, 1.807) is 17.9 Å². The number of aryl methyl sites for hydroxylation is 2. The molecule has 1 N–H and O–H groups in total. The second-order valence-electron chi connectivity index (χ2n) is 8.31. The predicted octanol–water partition coefficient (Wildman–Crippen LogP) is 2.84. The van der Waals surface area contributed by atoms with E-state index < -0.39 is 9.84 Å². The molecule has 1 unspecified atom stereocenters. The summed E-state index contributed by atoms with van der Waals surface area (Å²) in [4.78, 5) is 18.0. The van der Waals surface area contributed by atoms with Crippen LogP contribution in [0.25, 0.3) is 22.3 Å². The lowest BCUT2D eigenvalue weighted by Gasteiger charge is -2.12. The van der Waals surface area contributed by atoms with Crippen LogP contribution >= 0.6 is 0 Å². The Balaban J connectivity index is 1.83. The van der Waals surface area contributed by atoms with Gasteiger partial charge in [0.15, 0.2) is 15.5 Å². The lowest BCUT2D eigenvalue weighted by Crippen LogP contribution is -2.25. The van der Waals surface area contributed by atoms with Gasteiger partial charge in [-0.15, -0.1) is 0 Å². The highest BCUT2D eigenvalue weighted by Gasteiger charge is 2.32. The fourth-order valence-corrected chi connectivity index (χ4v) is 5.79. The van der Waals surface area contributed by atoms with E-state index in [0.29, 0.717) is 54.0 Å². The minimum atomic E-state index is -3.09. The minimum absolute atomic E-state index is 0.0399. The number of fused-ring (bicyclic) bond motifs is 1. The van der Waals surface area contributed by atoms with E-state index >= 15 is 0 Å². The molecule has 9 heteroatoms. The van der Waals surface area contributed by atoms with Crippen molar-refractivity contribution in [1.29, 1.82) is 0 Å². The number of methoxy groups -OCH3 is 1. The van der Waals surface area contributed by atoms with E-state index in [-0.39, 0.29) is 23.5 Å². The van der Waals surface area contributed by atoms with Gasteiger partial charge >= 0.3 is 0 Å². The van der Waals surface area contributed by atoms with E-state index in [1.807, 2.05) is 38.1 Å². The first-order valence-electron chi connectivity index (χ1n) is 10.7. The highest BCUT2D eigenvalue weighted by Crippen LogP contribution is 2.32. The number of ether oxygens (including phenoxy) is 1. The van der Waals surface area contributed by atoms with E-state index in [2.05, 4.69) is 10.4 Å². The number of carbonyl (C=O) groups excluding carboxylic acids is 1. The first-order chi connectivity index (χ1) is 15.3. The molecule has 1 amide bonds. The van der Waals surface area contributed by atoms with Gasteiger partial charge in [-0.3, -0.25) is 4.79 Å². The summed E-state index contributed by atoms with van der Waals surface area (Å²) in [5.74, 6) is -0.0237. The number of hydrogen-bond donors (Lipinski definition) is 1. The molecule has 1 aliphatic rings. The molecule has 3 heterocycles. The van der Waals surface area contributed by atoms with Crippen molar-refractivity contribution in [3.05, 3.63) is 47.2 Å².